The first-order chi connectivity index (χ1) is 8.75. The Bertz CT molecular complexity index is 593. The summed E-state index contributed by atoms with van der Waals surface area (Å²) in [7, 11) is 0. The van der Waals surface area contributed by atoms with Crippen LogP contribution in [0.25, 0.3) is 11.3 Å². The van der Waals surface area contributed by atoms with E-state index < -0.39 is 0 Å². The summed E-state index contributed by atoms with van der Waals surface area (Å²) in [6, 6.07) is 8.13. The summed E-state index contributed by atoms with van der Waals surface area (Å²) in [5.41, 5.74) is 11.1. The lowest BCUT2D eigenvalue weighted by molar-refractivity contribution is 0.288. The van der Waals surface area contributed by atoms with Crippen LogP contribution in [-0.4, -0.2) is 11.6 Å². The van der Waals surface area contributed by atoms with Crippen molar-refractivity contribution in [3.63, 3.8) is 0 Å². The fraction of sp³-hybridized carbons (Fsp3) is 0.267. The van der Waals surface area contributed by atoms with Crippen molar-refractivity contribution in [1.82, 2.24) is 4.98 Å². The highest BCUT2D eigenvalue weighted by Crippen LogP contribution is 2.32. The molecule has 2 aromatic rings. The summed E-state index contributed by atoms with van der Waals surface area (Å²) in [5, 5.41) is 0. The molecule has 0 atom stereocenters. The molecule has 0 saturated carbocycles. The number of fused-ring (bicyclic) bond motifs is 1. The molecule has 0 spiro atoms. The number of benzene rings is 1. The van der Waals surface area contributed by atoms with E-state index in [1.54, 1.807) is 6.20 Å². The number of nitrogen functional groups attached to an aromatic ring is 1. The third kappa shape index (κ3) is 1.82. The maximum absolute atomic E-state index is 6.10. The van der Waals surface area contributed by atoms with Gasteiger partial charge in [-0.1, -0.05) is 0 Å². The zero-order chi connectivity index (χ0) is 12.5. The van der Waals surface area contributed by atoms with Crippen LogP contribution in [0.3, 0.4) is 0 Å². The van der Waals surface area contributed by atoms with Gasteiger partial charge in [-0.3, -0.25) is 4.98 Å². The van der Waals surface area contributed by atoms with Crippen LogP contribution in [0.4, 0.5) is 5.69 Å². The van der Waals surface area contributed by atoms with Gasteiger partial charge in [-0.15, -0.1) is 0 Å². The van der Waals surface area contributed by atoms with Gasteiger partial charge >= 0.3 is 0 Å². The fourth-order valence-corrected chi connectivity index (χ4v) is 2.31. The van der Waals surface area contributed by atoms with Crippen LogP contribution in [0, 0.1) is 6.92 Å². The van der Waals surface area contributed by atoms with Crippen molar-refractivity contribution in [2.45, 2.75) is 19.8 Å². The van der Waals surface area contributed by atoms with Crippen molar-refractivity contribution in [3.05, 3.63) is 41.6 Å². The number of ether oxygens (including phenoxy) is 1. The molecule has 3 heteroatoms. The molecule has 0 aliphatic carbocycles. The molecule has 1 aliphatic rings. The number of aromatic nitrogens is 1. The SMILES string of the molecule is Cc1ccnc(-c2ccc3c(c2)CCCO3)c1N. The van der Waals surface area contributed by atoms with E-state index in [9.17, 15) is 0 Å². The molecule has 18 heavy (non-hydrogen) atoms. The predicted octanol–water partition coefficient (Wildman–Crippen LogP) is 2.96. The van der Waals surface area contributed by atoms with Gasteiger partial charge in [0, 0.05) is 11.8 Å². The highest BCUT2D eigenvalue weighted by Gasteiger charge is 2.13. The van der Waals surface area contributed by atoms with Crippen molar-refractivity contribution in [1.29, 1.82) is 0 Å². The first-order valence-corrected chi connectivity index (χ1v) is 6.23. The second-order valence-corrected chi connectivity index (χ2v) is 4.66. The third-order valence-corrected chi connectivity index (χ3v) is 3.39. The standard InChI is InChI=1S/C15H16N2O/c1-10-6-7-17-15(14(10)16)12-4-5-13-11(9-12)3-2-8-18-13/h4-7,9H,2-3,8,16H2,1H3. The largest absolute Gasteiger partial charge is 0.493 e. The van der Waals surface area contributed by atoms with E-state index in [0.29, 0.717) is 0 Å². The van der Waals surface area contributed by atoms with Gasteiger partial charge in [0.05, 0.1) is 18.0 Å². The van der Waals surface area contributed by atoms with E-state index in [2.05, 4.69) is 11.1 Å². The highest BCUT2D eigenvalue weighted by atomic mass is 16.5. The summed E-state index contributed by atoms with van der Waals surface area (Å²) >= 11 is 0. The molecule has 0 saturated heterocycles. The molecular formula is C15H16N2O. The molecule has 3 rings (SSSR count). The van der Waals surface area contributed by atoms with Gasteiger partial charge in [-0.25, -0.2) is 0 Å². The molecular weight excluding hydrogens is 224 g/mol. The first kappa shape index (κ1) is 11.1. The molecule has 1 aromatic heterocycles. The van der Waals surface area contributed by atoms with E-state index in [0.717, 1.165) is 47.7 Å². The third-order valence-electron chi connectivity index (χ3n) is 3.39. The van der Waals surface area contributed by atoms with Crippen LogP contribution >= 0.6 is 0 Å². The summed E-state index contributed by atoms with van der Waals surface area (Å²) in [4.78, 5) is 4.39. The van der Waals surface area contributed by atoms with E-state index in [1.165, 1.54) is 5.56 Å². The van der Waals surface area contributed by atoms with Crippen molar-refractivity contribution < 1.29 is 4.74 Å². The van der Waals surface area contributed by atoms with Gasteiger partial charge in [-0.2, -0.15) is 0 Å². The number of nitrogens with zero attached hydrogens (tertiary/aromatic N) is 1. The number of anilines is 1. The number of aryl methyl sites for hydroxylation is 2. The Kier molecular flexibility index (Phi) is 2.67. The molecule has 0 fully saturated rings. The van der Waals surface area contributed by atoms with Crippen LogP contribution in [0.2, 0.25) is 0 Å². The summed E-state index contributed by atoms with van der Waals surface area (Å²) < 4.78 is 5.62. The second-order valence-electron chi connectivity index (χ2n) is 4.66. The van der Waals surface area contributed by atoms with Crippen LogP contribution in [-0.2, 0) is 6.42 Å². The second kappa shape index (κ2) is 4.33. The maximum Gasteiger partial charge on any atom is 0.122 e. The number of nitrogens with two attached hydrogens (primary N) is 1. The predicted molar refractivity (Wildman–Crippen MR) is 72.6 cm³/mol. The van der Waals surface area contributed by atoms with E-state index >= 15 is 0 Å². The van der Waals surface area contributed by atoms with Gasteiger partial charge in [-0.05, 0) is 55.2 Å². The average Bonchev–Trinajstić information content (AvgIpc) is 2.41. The average molecular weight is 240 g/mol. The Balaban J connectivity index is 2.09. The summed E-state index contributed by atoms with van der Waals surface area (Å²) in [6.45, 7) is 2.82. The molecule has 2 N–H and O–H groups in total. The van der Waals surface area contributed by atoms with E-state index in [4.69, 9.17) is 10.5 Å². The number of pyridine rings is 1. The number of rotatable bonds is 1. The minimum atomic E-state index is 0.758. The lowest BCUT2D eigenvalue weighted by Gasteiger charge is -2.18. The first-order valence-electron chi connectivity index (χ1n) is 6.23. The minimum Gasteiger partial charge on any atom is -0.493 e. The molecule has 3 nitrogen and oxygen atoms in total. The van der Waals surface area contributed by atoms with Crippen molar-refractivity contribution in [2.75, 3.05) is 12.3 Å². The van der Waals surface area contributed by atoms with Gasteiger partial charge < -0.3 is 10.5 Å². The van der Waals surface area contributed by atoms with Gasteiger partial charge in [0.2, 0.25) is 0 Å². The van der Waals surface area contributed by atoms with Gasteiger partial charge in [0.25, 0.3) is 0 Å². The molecule has 2 heterocycles. The summed E-state index contributed by atoms with van der Waals surface area (Å²) in [5.74, 6) is 0.997. The molecule has 1 aromatic carbocycles. The van der Waals surface area contributed by atoms with Crippen LogP contribution in [0.5, 0.6) is 5.75 Å². The number of hydrogen-bond donors (Lipinski definition) is 1. The zero-order valence-electron chi connectivity index (χ0n) is 10.4. The zero-order valence-corrected chi connectivity index (χ0v) is 10.4. The van der Waals surface area contributed by atoms with Crippen LogP contribution < -0.4 is 10.5 Å². The van der Waals surface area contributed by atoms with Crippen molar-refractivity contribution >= 4 is 5.69 Å². The normalized spacial score (nSPS) is 13.8. The Morgan fingerprint density at radius 2 is 2.17 bits per heavy atom. The molecule has 0 bridgehead atoms. The Morgan fingerprint density at radius 3 is 3.06 bits per heavy atom. The Labute approximate surface area is 107 Å². The molecule has 1 aliphatic heterocycles. The molecule has 0 radical (unpaired) electrons. The maximum atomic E-state index is 6.10. The van der Waals surface area contributed by atoms with Crippen LogP contribution in [0.1, 0.15) is 17.5 Å². The lowest BCUT2D eigenvalue weighted by Crippen LogP contribution is -2.08. The molecule has 0 amide bonds. The van der Waals surface area contributed by atoms with Gasteiger partial charge in [0.15, 0.2) is 0 Å². The number of hydrogen-bond acceptors (Lipinski definition) is 3. The Hall–Kier alpha value is -2.03. The highest BCUT2D eigenvalue weighted by molar-refractivity contribution is 5.75. The minimum absolute atomic E-state index is 0.758. The smallest absolute Gasteiger partial charge is 0.122 e. The monoisotopic (exact) mass is 240 g/mol. The molecule has 92 valence electrons. The van der Waals surface area contributed by atoms with E-state index in [1.807, 2.05) is 25.1 Å². The fourth-order valence-electron chi connectivity index (χ4n) is 2.31. The lowest BCUT2D eigenvalue weighted by atomic mass is 10.00. The Morgan fingerprint density at radius 1 is 1.28 bits per heavy atom. The van der Waals surface area contributed by atoms with E-state index in [-0.39, 0.29) is 0 Å². The molecule has 0 unspecified atom stereocenters. The van der Waals surface area contributed by atoms with Crippen LogP contribution in [0.15, 0.2) is 30.5 Å². The quantitative estimate of drug-likeness (QED) is 0.833. The topological polar surface area (TPSA) is 48.1 Å². The van der Waals surface area contributed by atoms with Crippen molar-refractivity contribution in [3.8, 4) is 17.0 Å². The van der Waals surface area contributed by atoms with Crippen molar-refractivity contribution in [2.24, 2.45) is 0 Å². The summed E-state index contributed by atoms with van der Waals surface area (Å²) in [6.07, 6.45) is 3.94. The van der Waals surface area contributed by atoms with Gasteiger partial charge in [0.1, 0.15) is 5.75 Å².